The van der Waals surface area contributed by atoms with Gasteiger partial charge in [0.1, 0.15) is 6.10 Å². The van der Waals surface area contributed by atoms with Crippen molar-refractivity contribution in [2.75, 3.05) is 7.11 Å². The number of aromatic nitrogens is 1. The predicted octanol–water partition coefficient (Wildman–Crippen LogP) is 5.02. The summed E-state index contributed by atoms with van der Waals surface area (Å²) >= 11 is 6.40. The number of methoxy groups -OCH3 is 1. The Kier molecular flexibility index (Phi) is 6.69. The van der Waals surface area contributed by atoms with E-state index in [0.29, 0.717) is 16.5 Å². The Morgan fingerprint density at radius 3 is 2.67 bits per heavy atom. The lowest BCUT2D eigenvalue weighted by Gasteiger charge is -2.25. The van der Waals surface area contributed by atoms with Crippen LogP contribution in [0.4, 0.5) is 13.2 Å². The van der Waals surface area contributed by atoms with Gasteiger partial charge in [0.25, 0.3) is 5.91 Å². The number of hydrogen-bond acceptors (Lipinski definition) is 3. The van der Waals surface area contributed by atoms with Gasteiger partial charge in [-0.1, -0.05) is 29.5 Å². The first kappa shape index (κ1) is 22.1. The van der Waals surface area contributed by atoms with Crippen molar-refractivity contribution in [2.45, 2.75) is 38.1 Å². The molecule has 3 rings (SSSR count). The van der Waals surface area contributed by atoms with Gasteiger partial charge in [-0.25, -0.2) is 0 Å². The summed E-state index contributed by atoms with van der Waals surface area (Å²) in [5.41, 5.74) is -0.415. The van der Waals surface area contributed by atoms with Crippen LogP contribution in [0.3, 0.4) is 0 Å². The van der Waals surface area contributed by atoms with E-state index in [0.717, 1.165) is 30.7 Å². The average molecular weight is 437 g/mol. The van der Waals surface area contributed by atoms with Crippen molar-refractivity contribution in [3.63, 3.8) is 0 Å². The van der Waals surface area contributed by atoms with Gasteiger partial charge in [-0.05, 0) is 44.0 Å². The quantitative estimate of drug-likeness (QED) is 0.669. The summed E-state index contributed by atoms with van der Waals surface area (Å²) in [5.74, 6) is 5.79. The van der Waals surface area contributed by atoms with Gasteiger partial charge in [-0.2, -0.15) is 13.2 Å². The highest BCUT2D eigenvalue weighted by Crippen LogP contribution is 2.32. The Bertz CT molecular complexity index is 994. The summed E-state index contributed by atoms with van der Waals surface area (Å²) in [5, 5.41) is 2.96. The van der Waals surface area contributed by atoms with Crippen LogP contribution >= 0.6 is 11.6 Å². The van der Waals surface area contributed by atoms with E-state index in [1.807, 2.05) is 0 Å². The first-order chi connectivity index (χ1) is 14.2. The standard InChI is InChI=1S/C22H20ClF3N2O2/c1-13(28-21(29)17-4-3-11-27-20(17)22(24,25)26)19(30-2)16-10-9-15(12-18(16)23)8-7-14-5-6-14/h3-4,9-14,19H,5-6H2,1-2H3,(H,28,29). The smallest absolute Gasteiger partial charge is 0.375 e. The monoisotopic (exact) mass is 436 g/mol. The summed E-state index contributed by atoms with van der Waals surface area (Å²) in [6, 6.07) is 6.97. The van der Waals surface area contributed by atoms with Gasteiger partial charge >= 0.3 is 6.18 Å². The molecule has 1 aromatic heterocycles. The fourth-order valence-electron chi connectivity index (χ4n) is 3.02. The van der Waals surface area contributed by atoms with Crippen molar-refractivity contribution in [2.24, 2.45) is 5.92 Å². The van der Waals surface area contributed by atoms with E-state index in [9.17, 15) is 18.0 Å². The Labute approximate surface area is 177 Å². The van der Waals surface area contributed by atoms with Crippen molar-refractivity contribution in [1.82, 2.24) is 10.3 Å². The molecule has 1 fully saturated rings. The minimum absolute atomic E-state index is 0.405. The molecule has 1 amide bonds. The molecule has 8 heteroatoms. The molecule has 158 valence electrons. The van der Waals surface area contributed by atoms with Gasteiger partial charge in [0.05, 0.1) is 11.6 Å². The topological polar surface area (TPSA) is 51.2 Å². The second kappa shape index (κ2) is 9.07. The number of rotatable bonds is 5. The van der Waals surface area contributed by atoms with Crippen LogP contribution in [-0.4, -0.2) is 24.0 Å². The summed E-state index contributed by atoms with van der Waals surface area (Å²) < 4.78 is 44.9. The molecule has 1 heterocycles. The molecular weight excluding hydrogens is 417 g/mol. The van der Waals surface area contributed by atoms with Crippen LogP contribution in [0.5, 0.6) is 0 Å². The van der Waals surface area contributed by atoms with Crippen molar-refractivity contribution in [3.05, 3.63) is 63.9 Å². The molecule has 0 spiro atoms. The van der Waals surface area contributed by atoms with Gasteiger partial charge in [-0.3, -0.25) is 9.78 Å². The van der Waals surface area contributed by atoms with Crippen LogP contribution in [0.25, 0.3) is 0 Å². The minimum atomic E-state index is -4.74. The maximum absolute atomic E-state index is 13.1. The summed E-state index contributed by atoms with van der Waals surface area (Å²) in [7, 11) is 1.44. The average Bonchev–Trinajstić information content (AvgIpc) is 3.52. The SMILES string of the molecule is COC(c1ccc(C#CC2CC2)cc1Cl)C(C)NC(=O)c1cccnc1C(F)(F)F. The third-order valence-electron chi connectivity index (χ3n) is 4.69. The van der Waals surface area contributed by atoms with Crippen molar-refractivity contribution >= 4 is 17.5 Å². The fourth-order valence-corrected chi connectivity index (χ4v) is 3.31. The molecular formula is C22H20ClF3N2O2. The maximum atomic E-state index is 13.1. The Morgan fingerprint density at radius 2 is 2.07 bits per heavy atom. The molecule has 4 nitrogen and oxygen atoms in total. The molecule has 0 aliphatic heterocycles. The van der Waals surface area contributed by atoms with Crippen LogP contribution < -0.4 is 5.32 Å². The van der Waals surface area contributed by atoms with Crippen LogP contribution in [0.1, 0.15) is 53.0 Å². The molecule has 1 aliphatic rings. The van der Waals surface area contributed by atoms with E-state index in [1.54, 1.807) is 25.1 Å². The number of ether oxygens (including phenoxy) is 1. The number of hydrogen-bond donors (Lipinski definition) is 1. The molecule has 30 heavy (non-hydrogen) atoms. The minimum Gasteiger partial charge on any atom is -0.375 e. The molecule has 1 aromatic carbocycles. The lowest BCUT2D eigenvalue weighted by molar-refractivity contribution is -0.141. The lowest BCUT2D eigenvalue weighted by atomic mass is 10.0. The highest BCUT2D eigenvalue weighted by Gasteiger charge is 2.37. The van der Waals surface area contributed by atoms with Gasteiger partial charge in [0, 0.05) is 35.4 Å². The van der Waals surface area contributed by atoms with Crippen LogP contribution in [-0.2, 0) is 10.9 Å². The number of carbonyl (C=O) groups is 1. The maximum Gasteiger partial charge on any atom is 0.434 e. The Hall–Kier alpha value is -2.56. The number of benzene rings is 1. The summed E-state index contributed by atoms with van der Waals surface area (Å²) in [4.78, 5) is 15.8. The molecule has 1 N–H and O–H groups in total. The fraction of sp³-hybridized carbons (Fsp3) is 0.364. The zero-order chi connectivity index (χ0) is 21.9. The van der Waals surface area contributed by atoms with E-state index < -0.39 is 35.5 Å². The summed E-state index contributed by atoms with van der Waals surface area (Å²) in [6.45, 7) is 1.63. The van der Waals surface area contributed by atoms with Crippen molar-refractivity contribution in [1.29, 1.82) is 0 Å². The second-order valence-electron chi connectivity index (χ2n) is 7.10. The molecule has 1 aliphatic carbocycles. The molecule has 0 bridgehead atoms. The highest BCUT2D eigenvalue weighted by atomic mass is 35.5. The highest BCUT2D eigenvalue weighted by molar-refractivity contribution is 6.31. The number of carbonyl (C=O) groups excluding carboxylic acids is 1. The van der Waals surface area contributed by atoms with E-state index in [-0.39, 0.29) is 0 Å². The molecule has 0 radical (unpaired) electrons. The molecule has 2 atom stereocenters. The van der Waals surface area contributed by atoms with E-state index in [4.69, 9.17) is 16.3 Å². The van der Waals surface area contributed by atoms with Gasteiger partial charge in [0.15, 0.2) is 5.69 Å². The molecule has 1 saturated carbocycles. The zero-order valence-electron chi connectivity index (χ0n) is 16.4. The molecule has 2 unspecified atom stereocenters. The first-order valence-electron chi connectivity index (χ1n) is 9.37. The Balaban J connectivity index is 1.78. The predicted molar refractivity (Wildman–Crippen MR) is 107 cm³/mol. The third kappa shape index (κ3) is 5.32. The number of nitrogens with zero attached hydrogens (tertiary/aromatic N) is 1. The largest absolute Gasteiger partial charge is 0.434 e. The number of alkyl halides is 3. The zero-order valence-corrected chi connectivity index (χ0v) is 17.1. The number of amides is 1. The van der Waals surface area contributed by atoms with Crippen LogP contribution in [0.15, 0.2) is 36.5 Å². The Morgan fingerprint density at radius 1 is 1.33 bits per heavy atom. The van der Waals surface area contributed by atoms with Gasteiger partial charge in [-0.15, -0.1) is 0 Å². The lowest BCUT2D eigenvalue weighted by Crippen LogP contribution is -2.38. The van der Waals surface area contributed by atoms with Gasteiger partial charge < -0.3 is 10.1 Å². The van der Waals surface area contributed by atoms with Crippen LogP contribution in [0.2, 0.25) is 5.02 Å². The van der Waals surface area contributed by atoms with Gasteiger partial charge in [0.2, 0.25) is 0 Å². The van der Waals surface area contributed by atoms with E-state index in [1.165, 1.54) is 13.2 Å². The normalized spacial score (nSPS) is 15.7. The summed E-state index contributed by atoms with van der Waals surface area (Å²) in [6.07, 6.45) is -2.17. The molecule has 2 aromatic rings. The van der Waals surface area contributed by atoms with E-state index in [2.05, 4.69) is 22.1 Å². The van der Waals surface area contributed by atoms with Crippen molar-refractivity contribution in [3.8, 4) is 11.8 Å². The number of pyridine rings is 1. The number of halogens is 4. The first-order valence-corrected chi connectivity index (χ1v) is 9.75. The number of nitrogens with one attached hydrogen (secondary N) is 1. The third-order valence-corrected chi connectivity index (χ3v) is 5.02. The second-order valence-corrected chi connectivity index (χ2v) is 7.50. The molecule has 0 saturated heterocycles. The van der Waals surface area contributed by atoms with E-state index >= 15 is 0 Å². The van der Waals surface area contributed by atoms with Crippen molar-refractivity contribution < 1.29 is 22.7 Å². The van der Waals surface area contributed by atoms with Crippen LogP contribution in [0, 0.1) is 17.8 Å².